The quantitative estimate of drug-likeness (QED) is 0.0218. The molecule has 0 atom stereocenters. The molecule has 10 bridgehead atoms. The number of halogens is 5. The molecule has 5 aromatic carbocycles. The van der Waals surface area contributed by atoms with E-state index in [2.05, 4.69) is 109 Å². The van der Waals surface area contributed by atoms with Crippen molar-refractivity contribution in [3.63, 3.8) is 0 Å². The Morgan fingerprint density at radius 2 is 0.434 bits per heavy atom. The van der Waals surface area contributed by atoms with Crippen LogP contribution in [-0.2, 0) is 19.3 Å². The van der Waals surface area contributed by atoms with Crippen molar-refractivity contribution in [2.45, 2.75) is 83.5 Å². The van der Waals surface area contributed by atoms with Crippen molar-refractivity contribution >= 4 is 79.6 Å². The van der Waals surface area contributed by atoms with Crippen molar-refractivity contribution in [3.8, 4) is 141 Å². The summed E-state index contributed by atoms with van der Waals surface area (Å²) in [6.45, 7) is 2.08. The normalized spacial score (nSPS) is 11.2. The lowest BCUT2D eigenvalue weighted by atomic mass is 9.93. The third-order valence-corrected chi connectivity index (χ3v) is 15.9. The summed E-state index contributed by atoms with van der Waals surface area (Å²) in [6, 6.07) is 19.9. The van der Waals surface area contributed by atoms with E-state index in [-0.39, 0.29) is 39.5 Å². The topological polar surface area (TPSA) is 92.3 Å². The molecule has 10 nitrogen and oxygen atoms in total. The van der Waals surface area contributed by atoms with Gasteiger partial charge >= 0.3 is 0 Å². The Morgan fingerprint density at radius 1 is 0.253 bits per heavy atom. The standard InChI is InChI=1S/C68H71Br5O10/c1-6-26-74-59-39-50-37-51-42-67(82-34-19-14-24-72)57(46-61(51)75-27-7-2)58-47-63(77-29-9-4)53(44-68(58)83-35-20-15-25-73)38-52-43-66(81-33-18-13-23-71)56(45-62(52)76-28-8-3)55-48-64(80-32-17-12-22-70)54(41-65(55)78-30-10-5)36-49(59)40-60(50)79-31-16-11-21-69/h1-5,39-48H,11-38H2. The van der Waals surface area contributed by atoms with Gasteiger partial charge in [-0.05, 0) is 125 Å². The molecule has 5 aromatic rings. The van der Waals surface area contributed by atoms with Crippen molar-refractivity contribution in [2.24, 2.45) is 0 Å². The zero-order valence-corrected chi connectivity index (χ0v) is 54.9. The van der Waals surface area contributed by atoms with Crippen LogP contribution in [0.15, 0.2) is 60.7 Å². The van der Waals surface area contributed by atoms with Gasteiger partial charge in [0.25, 0.3) is 0 Å². The Morgan fingerprint density at radius 3 is 0.675 bits per heavy atom. The first kappa shape index (κ1) is 66.4. The summed E-state index contributed by atoms with van der Waals surface area (Å²) in [5, 5.41) is 4.14. The van der Waals surface area contributed by atoms with Gasteiger partial charge in [0.05, 0.1) is 33.0 Å². The third-order valence-electron chi connectivity index (χ3n) is 13.1. The fourth-order valence-electron chi connectivity index (χ4n) is 9.11. The van der Waals surface area contributed by atoms with E-state index in [4.69, 9.17) is 79.5 Å². The first-order chi connectivity index (χ1) is 40.8. The largest absolute Gasteiger partial charge is 0.493 e. The Hall–Kier alpha value is -5.70. The van der Waals surface area contributed by atoms with Gasteiger partial charge in [-0.2, -0.15) is 0 Å². The van der Waals surface area contributed by atoms with Crippen LogP contribution in [0.2, 0.25) is 0 Å². The molecule has 0 fully saturated rings. The van der Waals surface area contributed by atoms with Gasteiger partial charge < -0.3 is 47.4 Å². The summed E-state index contributed by atoms with van der Waals surface area (Å²) in [7, 11) is 0. The molecule has 438 valence electrons. The van der Waals surface area contributed by atoms with Crippen LogP contribution < -0.4 is 47.4 Å². The van der Waals surface area contributed by atoms with E-state index < -0.39 is 0 Å². The number of unbranched alkanes of at least 4 members (excludes halogenated alkanes) is 5. The van der Waals surface area contributed by atoms with E-state index in [0.717, 1.165) is 124 Å². The van der Waals surface area contributed by atoms with E-state index in [0.29, 0.717) is 126 Å². The van der Waals surface area contributed by atoms with Crippen LogP contribution in [0.25, 0.3) is 22.3 Å². The second-order valence-electron chi connectivity index (χ2n) is 19.1. The molecule has 10 aliphatic rings. The Kier molecular flexibility index (Phi) is 30.1. The number of ether oxygens (including phenoxy) is 10. The second-order valence-corrected chi connectivity index (χ2v) is 23.1. The zero-order chi connectivity index (χ0) is 59.0. The fraction of sp³-hybridized carbons (Fsp3) is 0.412. The molecule has 15 heteroatoms. The van der Waals surface area contributed by atoms with Gasteiger partial charge in [-0.25, -0.2) is 0 Å². The molecule has 10 aliphatic carbocycles. The monoisotopic (exact) mass is 1440 g/mol. The maximum absolute atomic E-state index is 6.85. The van der Waals surface area contributed by atoms with Crippen LogP contribution in [0.4, 0.5) is 0 Å². The van der Waals surface area contributed by atoms with E-state index in [1.807, 2.05) is 60.7 Å². The number of alkyl halides is 5. The number of hydrogen-bond donors (Lipinski definition) is 0. The minimum absolute atomic E-state index is 0.00568. The Bertz CT molecular complexity index is 3110. The predicted octanol–water partition coefficient (Wildman–Crippen LogP) is 15.9. The van der Waals surface area contributed by atoms with Crippen molar-refractivity contribution < 1.29 is 47.4 Å². The lowest BCUT2D eigenvalue weighted by molar-refractivity contribution is 0.303. The number of rotatable bonds is 35. The zero-order valence-electron chi connectivity index (χ0n) is 46.9. The van der Waals surface area contributed by atoms with Crippen LogP contribution in [-0.4, -0.2) is 92.7 Å². The van der Waals surface area contributed by atoms with E-state index in [1.54, 1.807) is 0 Å². The molecule has 0 radical (unpaired) electrons. The smallest absolute Gasteiger partial charge is 0.148 e. The first-order valence-corrected chi connectivity index (χ1v) is 33.5. The molecule has 0 heterocycles. The minimum Gasteiger partial charge on any atom is -0.493 e. The van der Waals surface area contributed by atoms with Gasteiger partial charge in [0.2, 0.25) is 0 Å². The van der Waals surface area contributed by atoms with Crippen molar-refractivity contribution in [1.29, 1.82) is 0 Å². The number of hydrogen-bond acceptors (Lipinski definition) is 10. The lowest BCUT2D eigenvalue weighted by Crippen LogP contribution is -2.08. The molecule has 15 rings (SSSR count). The summed E-state index contributed by atoms with van der Waals surface area (Å²) >= 11 is 18.0. The van der Waals surface area contributed by atoms with E-state index in [9.17, 15) is 0 Å². The van der Waals surface area contributed by atoms with Gasteiger partial charge in [-0.3, -0.25) is 0 Å². The van der Waals surface area contributed by atoms with Crippen molar-refractivity contribution in [3.05, 3.63) is 94.0 Å². The SMILES string of the molecule is C#CCOc1cc2c(OCCCCBr)cc1Cc1cc(OCCCCBr)c(cc1OCC#C)-c1cc(OCC#C)c(cc1OCCCCBr)Cc1cc(OCC#C)c(cc1OCCCCBr)Cc1cc(OCC#C)c-2cc1OCCCCBr. The van der Waals surface area contributed by atoms with Gasteiger partial charge in [-0.1, -0.05) is 109 Å². The summed E-state index contributed by atoms with van der Waals surface area (Å²) in [4.78, 5) is 0. The van der Waals surface area contributed by atoms with Crippen LogP contribution in [0.1, 0.15) is 97.6 Å². The van der Waals surface area contributed by atoms with E-state index >= 15 is 0 Å². The highest BCUT2D eigenvalue weighted by Gasteiger charge is 2.27. The van der Waals surface area contributed by atoms with Gasteiger partial charge in [-0.15, -0.1) is 32.1 Å². The molecular weight excluding hydrogens is 1380 g/mol. The van der Waals surface area contributed by atoms with Crippen LogP contribution in [0.3, 0.4) is 0 Å². The molecule has 0 aliphatic heterocycles. The van der Waals surface area contributed by atoms with Crippen LogP contribution in [0.5, 0.6) is 57.5 Å². The van der Waals surface area contributed by atoms with Crippen LogP contribution >= 0.6 is 79.6 Å². The van der Waals surface area contributed by atoms with Crippen molar-refractivity contribution in [2.75, 3.05) is 92.7 Å². The number of terminal acetylenes is 5. The predicted molar refractivity (Wildman–Crippen MR) is 353 cm³/mol. The number of benzene rings is 5. The molecule has 0 N–H and O–H groups in total. The summed E-state index contributed by atoms with van der Waals surface area (Å²) in [6.07, 6.45) is 39.1. The van der Waals surface area contributed by atoms with Gasteiger partial charge in [0, 0.05) is 102 Å². The molecule has 0 amide bonds. The summed E-state index contributed by atoms with van der Waals surface area (Å²) < 4.78 is 66.8. The molecule has 83 heavy (non-hydrogen) atoms. The first-order valence-electron chi connectivity index (χ1n) is 27.9. The Labute approximate surface area is 534 Å². The molecule has 0 saturated carbocycles. The average Bonchev–Trinajstić information content (AvgIpc) is 3.52. The van der Waals surface area contributed by atoms with Gasteiger partial charge in [0.15, 0.2) is 0 Å². The maximum Gasteiger partial charge on any atom is 0.148 e. The summed E-state index contributed by atoms with van der Waals surface area (Å²) in [5.74, 6) is 19.0. The highest BCUT2D eigenvalue weighted by Crippen LogP contribution is 2.49. The van der Waals surface area contributed by atoms with Crippen molar-refractivity contribution in [1.82, 2.24) is 0 Å². The molecular formula is C68H71Br5O10. The van der Waals surface area contributed by atoms with Crippen LogP contribution in [0, 0.1) is 61.7 Å². The minimum atomic E-state index is -0.0239. The Balaban J connectivity index is 1.81. The van der Waals surface area contributed by atoms with Gasteiger partial charge in [0.1, 0.15) is 90.5 Å². The molecule has 0 saturated heterocycles. The molecule has 0 aromatic heterocycles. The maximum atomic E-state index is 6.85. The lowest BCUT2D eigenvalue weighted by Gasteiger charge is -2.23. The molecule has 0 spiro atoms. The third kappa shape index (κ3) is 20.2. The highest BCUT2D eigenvalue weighted by atomic mass is 79.9. The summed E-state index contributed by atoms with van der Waals surface area (Å²) in [5.41, 5.74) is 7.46. The highest BCUT2D eigenvalue weighted by molar-refractivity contribution is 9.09. The fourth-order valence-corrected chi connectivity index (χ4v) is 11.1. The second kappa shape index (κ2) is 37.6. The molecule has 0 unspecified atom stereocenters. The average molecular weight is 1450 g/mol. The van der Waals surface area contributed by atoms with E-state index in [1.165, 1.54) is 0 Å².